The van der Waals surface area contributed by atoms with Crippen molar-refractivity contribution in [3.05, 3.63) is 76.6 Å². The van der Waals surface area contributed by atoms with E-state index in [4.69, 9.17) is 14.6 Å². The van der Waals surface area contributed by atoms with Crippen molar-refractivity contribution in [2.45, 2.75) is 12.3 Å². The maximum absolute atomic E-state index is 13.4. The molecule has 12 heteroatoms. The SMILES string of the molecule is O=C(O)C=CC(=O)OCC1CN(c2ccc3cc(-c4ccccc4C(F)(F)F)[nH]c(=O)c3c2)C(=O)O1. The number of alkyl halides is 3. The van der Waals surface area contributed by atoms with Crippen LogP contribution in [0.2, 0.25) is 0 Å². The van der Waals surface area contributed by atoms with Crippen molar-refractivity contribution in [1.82, 2.24) is 4.98 Å². The van der Waals surface area contributed by atoms with Crippen molar-refractivity contribution in [2.75, 3.05) is 18.1 Å². The Morgan fingerprint density at radius 1 is 1.14 bits per heavy atom. The number of ether oxygens (including phenoxy) is 2. The van der Waals surface area contributed by atoms with Crippen LogP contribution < -0.4 is 10.5 Å². The molecule has 0 saturated carbocycles. The third-order valence-corrected chi connectivity index (χ3v) is 5.31. The first-order valence-electron chi connectivity index (χ1n) is 10.4. The minimum Gasteiger partial charge on any atom is -0.478 e. The molecule has 2 heterocycles. The van der Waals surface area contributed by atoms with Crippen molar-refractivity contribution in [1.29, 1.82) is 0 Å². The second kappa shape index (κ2) is 9.56. The van der Waals surface area contributed by atoms with Gasteiger partial charge in [0.05, 0.1) is 12.1 Å². The summed E-state index contributed by atoms with van der Waals surface area (Å²) in [5, 5.41) is 9.01. The number of halogens is 3. The number of carbonyl (C=O) groups is 3. The van der Waals surface area contributed by atoms with Gasteiger partial charge in [0.15, 0.2) is 6.10 Å². The largest absolute Gasteiger partial charge is 0.478 e. The number of aromatic nitrogens is 1. The maximum Gasteiger partial charge on any atom is 0.417 e. The molecule has 1 saturated heterocycles. The second-order valence-electron chi connectivity index (χ2n) is 7.75. The lowest BCUT2D eigenvalue weighted by Gasteiger charge is -2.15. The van der Waals surface area contributed by atoms with E-state index in [0.717, 1.165) is 6.07 Å². The Morgan fingerprint density at radius 2 is 1.89 bits per heavy atom. The number of hydrogen-bond donors (Lipinski definition) is 2. The third-order valence-electron chi connectivity index (χ3n) is 5.31. The number of nitrogens with one attached hydrogen (secondary N) is 1. The molecule has 9 nitrogen and oxygen atoms in total. The normalized spacial score (nSPS) is 15.9. The molecule has 1 aliphatic heterocycles. The summed E-state index contributed by atoms with van der Waals surface area (Å²) < 4.78 is 50.3. The molecule has 0 aliphatic carbocycles. The predicted molar refractivity (Wildman–Crippen MR) is 120 cm³/mol. The van der Waals surface area contributed by atoms with Crippen LogP contribution in [0.4, 0.5) is 23.7 Å². The molecule has 1 amide bonds. The summed E-state index contributed by atoms with van der Waals surface area (Å²) in [5.41, 5.74) is -1.42. The monoisotopic (exact) mass is 502 g/mol. The van der Waals surface area contributed by atoms with Gasteiger partial charge in [-0.3, -0.25) is 9.69 Å². The zero-order valence-electron chi connectivity index (χ0n) is 18.2. The van der Waals surface area contributed by atoms with E-state index in [1.165, 1.54) is 47.4 Å². The molecule has 3 aromatic rings. The topological polar surface area (TPSA) is 126 Å². The number of rotatable bonds is 6. The molecule has 1 fully saturated rings. The number of H-pyrrole nitrogens is 1. The zero-order chi connectivity index (χ0) is 26.0. The molecule has 1 atom stereocenters. The molecule has 0 spiro atoms. The molecule has 1 aromatic heterocycles. The Kier molecular flexibility index (Phi) is 6.51. The number of amides is 1. The van der Waals surface area contributed by atoms with Crippen molar-refractivity contribution in [2.24, 2.45) is 0 Å². The van der Waals surface area contributed by atoms with Crippen LogP contribution in [0.3, 0.4) is 0 Å². The third kappa shape index (κ3) is 5.22. The minimum atomic E-state index is -4.61. The number of benzene rings is 2. The molecule has 2 N–H and O–H groups in total. The van der Waals surface area contributed by atoms with Gasteiger partial charge in [-0.2, -0.15) is 13.2 Å². The zero-order valence-corrected chi connectivity index (χ0v) is 18.2. The van der Waals surface area contributed by atoms with Crippen LogP contribution in [0.25, 0.3) is 22.0 Å². The average Bonchev–Trinajstić information content (AvgIpc) is 3.21. The van der Waals surface area contributed by atoms with Crippen LogP contribution in [0.1, 0.15) is 5.56 Å². The van der Waals surface area contributed by atoms with Gasteiger partial charge in [-0.05, 0) is 29.7 Å². The number of fused-ring (bicyclic) bond motifs is 1. The molecule has 36 heavy (non-hydrogen) atoms. The Balaban J connectivity index is 1.56. The fourth-order valence-electron chi connectivity index (χ4n) is 3.71. The van der Waals surface area contributed by atoms with Crippen LogP contribution in [0.15, 0.2) is 65.5 Å². The van der Waals surface area contributed by atoms with E-state index < -0.39 is 41.4 Å². The first-order chi connectivity index (χ1) is 17.0. The lowest BCUT2D eigenvalue weighted by molar-refractivity contribution is -0.140. The fraction of sp³-hybridized carbons (Fsp3) is 0.167. The molecule has 0 bridgehead atoms. The standard InChI is InChI=1S/C24H17F3N2O7/c25-24(26,27)18-4-2-1-3-16(18)19-9-13-5-6-14(10-17(13)22(33)28-19)29-11-15(36-23(29)34)12-35-21(32)8-7-20(30)31/h1-10,15H,11-12H2,(H,28,33)(H,30,31). The van der Waals surface area contributed by atoms with Crippen molar-refractivity contribution in [3.63, 3.8) is 0 Å². The molecule has 2 aromatic carbocycles. The highest BCUT2D eigenvalue weighted by molar-refractivity contribution is 5.95. The van der Waals surface area contributed by atoms with E-state index in [-0.39, 0.29) is 29.8 Å². The van der Waals surface area contributed by atoms with E-state index in [1.807, 2.05) is 0 Å². The molecule has 0 radical (unpaired) electrons. The first-order valence-corrected chi connectivity index (χ1v) is 10.4. The summed E-state index contributed by atoms with van der Waals surface area (Å²) in [7, 11) is 0. The van der Waals surface area contributed by atoms with Crippen molar-refractivity contribution >= 4 is 34.5 Å². The molecule has 4 rings (SSSR count). The van der Waals surface area contributed by atoms with Crippen molar-refractivity contribution < 1.29 is 42.1 Å². The van der Waals surface area contributed by atoms with Crippen molar-refractivity contribution in [3.8, 4) is 11.3 Å². The van der Waals surface area contributed by atoms with Gasteiger partial charge in [0.1, 0.15) is 6.61 Å². The number of pyridine rings is 1. The maximum atomic E-state index is 13.4. The van der Waals surface area contributed by atoms with Gasteiger partial charge in [-0.1, -0.05) is 24.3 Å². The predicted octanol–water partition coefficient (Wildman–Crippen LogP) is 3.72. The number of carbonyl (C=O) groups excluding carboxylic acids is 2. The molecule has 1 unspecified atom stereocenters. The van der Waals surface area contributed by atoms with Crippen LogP contribution in [0.5, 0.6) is 0 Å². The number of aromatic amines is 1. The number of hydrogen-bond acceptors (Lipinski definition) is 6. The Hall–Kier alpha value is -4.61. The number of carboxylic acid groups (broad SMARTS) is 1. The van der Waals surface area contributed by atoms with Gasteiger partial charge in [-0.25, -0.2) is 14.4 Å². The summed E-state index contributed by atoms with van der Waals surface area (Å²) in [5.74, 6) is -2.25. The van der Waals surface area contributed by atoms with E-state index in [1.54, 1.807) is 0 Å². The fourth-order valence-corrected chi connectivity index (χ4v) is 3.71. The highest BCUT2D eigenvalue weighted by Gasteiger charge is 2.34. The van der Waals surface area contributed by atoms with Gasteiger partial charge in [0, 0.05) is 34.5 Å². The molecule has 186 valence electrons. The Bertz CT molecular complexity index is 1450. The molecular weight excluding hydrogens is 485 g/mol. The number of esters is 1. The lowest BCUT2D eigenvalue weighted by Crippen LogP contribution is -2.26. The van der Waals surface area contributed by atoms with Gasteiger partial charge in [0.2, 0.25) is 0 Å². The van der Waals surface area contributed by atoms with E-state index in [9.17, 15) is 32.3 Å². The van der Waals surface area contributed by atoms with Gasteiger partial charge < -0.3 is 19.6 Å². The van der Waals surface area contributed by atoms with Crippen LogP contribution in [0, 0.1) is 0 Å². The summed E-state index contributed by atoms with van der Waals surface area (Å²) >= 11 is 0. The number of aliphatic carboxylic acids is 1. The number of anilines is 1. The van der Waals surface area contributed by atoms with Gasteiger partial charge in [0.25, 0.3) is 5.56 Å². The number of carboxylic acids is 1. The van der Waals surface area contributed by atoms with E-state index >= 15 is 0 Å². The minimum absolute atomic E-state index is 0.00687. The Labute approximate surface area is 200 Å². The highest BCUT2D eigenvalue weighted by Crippen LogP contribution is 2.36. The van der Waals surface area contributed by atoms with Crippen LogP contribution in [-0.4, -0.2) is 47.4 Å². The molecule has 1 aliphatic rings. The quantitative estimate of drug-likeness (QED) is 0.389. The molecular formula is C24H17F3N2O7. The van der Waals surface area contributed by atoms with Gasteiger partial charge in [-0.15, -0.1) is 0 Å². The van der Waals surface area contributed by atoms with E-state index in [2.05, 4.69) is 4.98 Å². The number of nitrogens with zero attached hydrogens (tertiary/aromatic N) is 1. The summed E-state index contributed by atoms with van der Waals surface area (Å²) in [4.78, 5) is 50.7. The average molecular weight is 502 g/mol. The smallest absolute Gasteiger partial charge is 0.417 e. The Morgan fingerprint density at radius 3 is 2.61 bits per heavy atom. The highest BCUT2D eigenvalue weighted by atomic mass is 19.4. The summed E-state index contributed by atoms with van der Waals surface area (Å²) in [6, 6.07) is 10.7. The van der Waals surface area contributed by atoms with Gasteiger partial charge >= 0.3 is 24.2 Å². The number of cyclic esters (lactones) is 1. The summed E-state index contributed by atoms with van der Waals surface area (Å²) in [6.45, 7) is -0.337. The van der Waals surface area contributed by atoms with Crippen LogP contribution >= 0.6 is 0 Å². The second-order valence-corrected chi connectivity index (χ2v) is 7.75. The lowest BCUT2D eigenvalue weighted by atomic mass is 10.0. The van der Waals surface area contributed by atoms with Crippen LogP contribution in [-0.2, 0) is 25.2 Å². The summed E-state index contributed by atoms with van der Waals surface area (Å²) in [6.07, 6.45) is -4.89. The van der Waals surface area contributed by atoms with E-state index in [0.29, 0.717) is 23.2 Å². The first kappa shape index (κ1) is 24.5.